The zero-order valence-corrected chi connectivity index (χ0v) is 17.8. The molecule has 0 spiro atoms. The van der Waals surface area contributed by atoms with E-state index in [1.165, 1.54) is 41.7 Å². The highest BCUT2D eigenvalue weighted by Crippen LogP contribution is 2.31. The summed E-state index contributed by atoms with van der Waals surface area (Å²) in [7, 11) is -2.54. The highest BCUT2D eigenvalue weighted by Gasteiger charge is 2.32. The van der Waals surface area contributed by atoms with E-state index in [9.17, 15) is 18.0 Å². The highest BCUT2D eigenvalue weighted by molar-refractivity contribution is 7.89. The maximum atomic E-state index is 12.9. The minimum Gasteiger partial charge on any atom is -0.465 e. The van der Waals surface area contributed by atoms with Crippen LogP contribution in [0.2, 0.25) is 10.0 Å². The molecule has 0 saturated carbocycles. The summed E-state index contributed by atoms with van der Waals surface area (Å²) in [6.45, 7) is 0.734. The molecule has 0 N–H and O–H groups in total. The van der Waals surface area contributed by atoms with Crippen LogP contribution in [0, 0.1) is 0 Å². The molecule has 1 heterocycles. The minimum atomic E-state index is -3.82. The van der Waals surface area contributed by atoms with Gasteiger partial charge in [0.2, 0.25) is 10.0 Å². The number of carbonyl (C=O) groups is 2. The average molecular weight is 457 g/mol. The molecule has 29 heavy (non-hydrogen) atoms. The number of amides is 1. The lowest BCUT2D eigenvalue weighted by molar-refractivity contribution is 0.0599. The molecule has 1 saturated heterocycles. The second-order valence-corrected chi connectivity index (χ2v) is 9.01. The van der Waals surface area contributed by atoms with Crippen molar-refractivity contribution in [3.63, 3.8) is 0 Å². The van der Waals surface area contributed by atoms with E-state index in [1.54, 1.807) is 17.0 Å². The summed E-state index contributed by atoms with van der Waals surface area (Å²) in [6.07, 6.45) is 0. The molecule has 2 aromatic carbocycles. The highest BCUT2D eigenvalue weighted by atomic mass is 35.5. The van der Waals surface area contributed by atoms with Crippen molar-refractivity contribution in [3.05, 3.63) is 63.6 Å². The number of methoxy groups -OCH3 is 1. The minimum absolute atomic E-state index is 0.0154. The summed E-state index contributed by atoms with van der Waals surface area (Å²) >= 11 is 12.0. The lowest BCUT2D eigenvalue weighted by Gasteiger charge is -2.34. The predicted octanol–water partition coefficient (Wildman–Crippen LogP) is 2.93. The number of sulfonamides is 1. The number of hydrogen-bond acceptors (Lipinski definition) is 5. The molecular formula is C19H18Cl2N2O5S. The first-order valence-corrected chi connectivity index (χ1v) is 10.9. The van der Waals surface area contributed by atoms with Crippen LogP contribution in [0.4, 0.5) is 0 Å². The molecule has 1 amide bonds. The number of carbonyl (C=O) groups excluding carboxylic acids is 2. The van der Waals surface area contributed by atoms with Gasteiger partial charge >= 0.3 is 5.97 Å². The standard InChI is InChI=1S/C19H18Cl2N2O5S/c1-28-19(25)14-7-5-13(6-8-14)18(24)22-9-11-23(12-10-22)29(26,27)16-4-2-3-15(20)17(16)21/h2-8H,9-12H2,1H3. The van der Waals surface area contributed by atoms with Gasteiger partial charge in [0.25, 0.3) is 5.91 Å². The summed E-state index contributed by atoms with van der Waals surface area (Å²) in [5, 5.41) is 0.148. The number of esters is 1. The fourth-order valence-electron chi connectivity index (χ4n) is 3.00. The van der Waals surface area contributed by atoms with Gasteiger partial charge in [0.05, 0.1) is 22.7 Å². The van der Waals surface area contributed by atoms with Crippen molar-refractivity contribution in [2.75, 3.05) is 33.3 Å². The molecular weight excluding hydrogens is 439 g/mol. The van der Waals surface area contributed by atoms with Crippen molar-refractivity contribution in [2.45, 2.75) is 4.90 Å². The summed E-state index contributed by atoms with van der Waals surface area (Å²) < 4.78 is 31.7. The van der Waals surface area contributed by atoms with Crippen molar-refractivity contribution >= 4 is 45.1 Å². The Labute approximate surface area is 178 Å². The van der Waals surface area contributed by atoms with E-state index in [0.717, 1.165) is 0 Å². The fourth-order valence-corrected chi connectivity index (χ4v) is 5.16. The fraction of sp³-hybridized carbons (Fsp3) is 0.263. The third kappa shape index (κ3) is 4.40. The van der Waals surface area contributed by atoms with Crippen LogP contribution in [0.1, 0.15) is 20.7 Å². The SMILES string of the molecule is COC(=O)c1ccc(C(=O)N2CCN(S(=O)(=O)c3cccc(Cl)c3Cl)CC2)cc1. The van der Waals surface area contributed by atoms with E-state index in [0.29, 0.717) is 11.1 Å². The van der Waals surface area contributed by atoms with Gasteiger partial charge in [-0.3, -0.25) is 4.79 Å². The largest absolute Gasteiger partial charge is 0.465 e. The van der Waals surface area contributed by atoms with Gasteiger partial charge in [-0.25, -0.2) is 13.2 Å². The van der Waals surface area contributed by atoms with Crippen LogP contribution >= 0.6 is 23.2 Å². The second kappa shape index (κ2) is 8.71. The summed E-state index contributed by atoms with van der Waals surface area (Å²) in [5.74, 6) is -0.721. The number of halogens is 2. The topological polar surface area (TPSA) is 84.0 Å². The van der Waals surface area contributed by atoms with Crippen LogP contribution in [0.3, 0.4) is 0 Å². The van der Waals surface area contributed by atoms with Crippen molar-refractivity contribution < 1.29 is 22.7 Å². The first-order valence-electron chi connectivity index (χ1n) is 8.67. The van der Waals surface area contributed by atoms with Crippen LogP contribution in [0.25, 0.3) is 0 Å². The van der Waals surface area contributed by atoms with E-state index >= 15 is 0 Å². The van der Waals surface area contributed by atoms with Gasteiger partial charge in [-0.05, 0) is 36.4 Å². The average Bonchev–Trinajstić information content (AvgIpc) is 2.74. The quantitative estimate of drug-likeness (QED) is 0.660. The molecule has 1 aliphatic rings. The molecule has 3 rings (SSSR count). The Hall–Kier alpha value is -2.13. The molecule has 0 aliphatic carbocycles. The molecule has 0 atom stereocenters. The lowest BCUT2D eigenvalue weighted by atomic mass is 10.1. The molecule has 1 fully saturated rings. The molecule has 0 unspecified atom stereocenters. The Kier molecular flexibility index (Phi) is 6.48. The lowest BCUT2D eigenvalue weighted by Crippen LogP contribution is -2.50. The number of hydrogen-bond donors (Lipinski definition) is 0. The molecule has 154 valence electrons. The molecule has 2 aromatic rings. The van der Waals surface area contributed by atoms with Gasteiger partial charge in [0, 0.05) is 31.7 Å². The maximum Gasteiger partial charge on any atom is 0.337 e. The number of piperazine rings is 1. The van der Waals surface area contributed by atoms with Gasteiger partial charge in [-0.1, -0.05) is 29.3 Å². The van der Waals surface area contributed by atoms with E-state index in [4.69, 9.17) is 23.2 Å². The van der Waals surface area contributed by atoms with Gasteiger partial charge < -0.3 is 9.64 Å². The molecule has 7 nitrogen and oxygen atoms in total. The van der Waals surface area contributed by atoms with Crippen LogP contribution in [-0.4, -0.2) is 62.8 Å². The van der Waals surface area contributed by atoms with Gasteiger partial charge in [0.1, 0.15) is 4.90 Å². The van der Waals surface area contributed by atoms with Crippen molar-refractivity contribution in [3.8, 4) is 0 Å². The number of nitrogens with zero attached hydrogens (tertiary/aromatic N) is 2. The van der Waals surface area contributed by atoms with E-state index in [2.05, 4.69) is 4.74 Å². The predicted molar refractivity (Wildman–Crippen MR) is 109 cm³/mol. The van der Waals surface area contributed by atoms with Crippen LogP contribution in [0.5, 0.6) is 0 Å². The summed E-state index contributed by atoms with van der Waals surface area (Å²) in [5.41, 5.74) is 0.755. The van der Waals surface area contributed by atoms with Gasteiger partial charge in [-0.2, -0.15) is 4.31 Å². The van der Waals surface area contributed by atoms with Crippen LogP contribution in [-0.2, 0) is 14.8 Å². The van der Waals surface area contributed by atoms with Gasteiger partial charge in [0.15, 0.2) is 0 Å². The zero-order chi connectivity index (χ0) is 21.2. The Morgan fingerprint density at radius 1 is 0.931 bits per heavy atom. The van der Waals surface area contributed by atoms with Crippen molar-refractivity contribution in [2.24, 2.45) is 0 Å². The number of ether oxygens (including phenoxy) is 1. The first-order chi connectivity index (χ1) is 13.8. The van der Waals surface area contributed by atoms with Crippen LogP contribution < -0.4 is 0 Å². The van der Waals surface area contributed by atoms with E-state index < -0.39 is 16.0 Å². The molecule has 0 aromatic heterocycles. The van der Waals surface area contributed by atoms with Crippen molar-refractivity contribution in [1.82, 2.24) is 9.21 Å². The molecule has 0 radical (unpaired) electrons. The summed E-state index contributed by atoms with van der Waals surface area (Å²) in [6, 6.07) is 10.6. The van der Waals surface area contributed by atoms with E-state index in [1.807, 2.05) is 0 Å². The molecule has 10 heteroatoms. The smallest absolute Gasteiger partial charge is 0.337 e. The van der Waals surface area contributed by atoms with E-state index in [-0.39, 0.29) is 47.0 Å². The Balaban J connectivity index is 1.69. The molecule has 0 bridgehead atoms. The Morgan fingerprint density at radius 2 is 1.52 bits per heavy atom. The van der Waals surface area contributed by atoms with Gasteiger partial charge in [-0.15, -0.1) is 0 Å². The summed E-state index contributed by atoms with van der Waals surface area (Å²) in [4.78, 5) is 25.7. The maximum absolute atomic E-state index is 12.9. The zero-order valence-electron chi connectivity index (χ0n) is 15.5. The normalized spacial score (nSPS) is 15.2. The van der Waals surface area contributed by atoms with Crippen molar-refractivity contribution in [1.29, 1.82) is 0 Å². The third-order valence-corrected chi connectivity index (χ3v) is 7.48. The number of rotatable bonds is 4. The monoisotopic (exact) mass is 456 g/mol. The first kappa shape index (κ1) is 21.6. The Bertz CT molecular complexity index is 1030. The Morgan fingerprint density at radius 3 is 2.10 bits per heavy atom. The number of benzene rings is 2. The second-order valence-electron chi connectivity index (χ2n) is 6.32. The molecule has 1 aliphatic heterocycles. The van der Waals surface area contributed by atoms with Crippen LogP contribution in [0.15, 0.2) is 47.4 Å². The third-order valence-electron chi connectivity index (χ3n) is 4.61.